The number of benzene rings is 1. The molecule has 5 nitrogen and oxygen atoms in total. The Kier molecular flexibility index (Phi) is 5.13. The van der Waals surface area contributed by atoms with E-state index in [1.165, 1.54) is 12.1 Å². The van der Waals surface area contributed by atoms with Crippen molar-refractivity contribution in [3.8, 4) is 5.75 Å². The Bertz CT molecular complexity index is 617. The number of carbonyl (C=O) groups excluding carboxylic acids is 1. The maximum Gasteiger partial charge on any atom is 0.333 e. The lowest BCUT2D eigenvalue weighted by Gasteiger charge is -2.16. The lowest BCUT2D eigenvalue weighted by molar-refractivity contribution is 0.252. The number of amides is 2. The summed E-state index contributed by atoms with van der Waals surface area (Å²) in [6.45, 7) is 2.14. The third-order valence-electron chi connectivity index (χ3n) is 2.88. The zero-order valence-corrected chi connectivity index (χ0v) is 12.3. The Labute approximate surface area is 125 Å². The third kappa shape index (κ3) is 3.71. The fourth-order valence-corrected chi connectivity index (χ4v) is 2.51. The van der Waals surface area contributed by atoms with Crippen LogP contribution in [0.1, 0.15) is 17.4 Å². The van der Waals surface area contributed by atoms with Crippen LogP contribution >= 0.6 is 11.3 Å². The molecule has 0 radical (unpaired) electrons. The van der Waals surface area contributed by atoms with Gasteiger partial charge in [-0.15, -0.1) is 11.3 Å². The van der Waals surface area contributed by atoms with Crippen LogP contribution in [0.2, 0.25) is 0 Å². The highest BCUT2D eigenvalue weighted by Crippen LogP contribution is 2.32. The molecule has 0 atom stereocenters. The number of hydrogen-bond acceptors (Lipinski definition) is 4. The summed E-state index contributed by atoms with van der Waals surface area (Å²) in [5.41, 5.74) is 2.77. The second-order valence-electron chi connectivity index (χ2n) is 4.22. The Hall–Kier alpha value is -2.12. The van der Waals surface area contributed by atoms with E-state index < -0.39 is 6.03 Å². The summed E-state index contributed by atoms with van der Waals surface area (Å²) in [5.74, 6) is 5.01. The summed E-state index contributed by atoms with van der Waals surface area (Å²) >= 11 is 1.55. The number of carbonyl (C=O) groups is 1. The maximum absolute atomic E-state index is 13.9. The van der Waals surface area contributed by atoms with Crippen LogP contribution in [0.25, 0.3) is 0 Å². The number of anilines is 1. The number of rotatable bonds is 5. The van der Waals surface area contributed by atoms with Gasteiger partial charge in [-0.25, -0.2) is 15.0 Å². The molecule has 1 heterocycles. The number of hydrazine groups is 1. The van der Waals surface area contributed by atoms with Crippen molar-refractivity contribution in [2.24, 2.45) is 5.84 Å². The number of halogens is 1. The summed E-state index contributed by atoms with van der Waals surface area (Å²) in [5, 5.41) is 4.47. The molecule has 1 aromatic carbocycles. The van der Waals surface area contributed by atoms with Gasteiger partial charge in [0.25, 0.3) is 0 Å². The van der Waals surface area contributed by atoms with Crippen LogP contribution in [-0.2, 0) is 13.0 Å². The van der Waals surface area contributed by atoms with E-state index in [1.54, 1.807) is 11.3 Å². The van der Waals surface area contributed by atoms with Crippen LogP contribution in [-0.4, -0.2) is 6.03 Å². The minimum Gasteiger partial charge on any atom is -0.485 e. The first-order valence-corrected chi connectivity index (χ1v) is 7.27. The average molecular weight is 309 g/mol. The van der Waals surface area contributed by atoms with Gasteiger partial charge in [-0.3, -0.25) is 5.43 Å². The van der Waals surface area contributed by atoms with Crippen LogP contribution in [0, 0.1) is 5.82 Å². The van der Waals surface area contributed by atoms with Gasteiger partial charge in [0.1, 0.15) is 18.2 Å². The largest absolute Gasteiger partial charge is 0.485 e. The number of hydrogen-bond donors (Lipinski definition) is 3. The highest BCUT2D eigenvalue weighted by atomic mass is 32.1. The highest BCUT2D eigenvalue weighted by molar-refractivity contribution is 7.09. The lowest BCUT2D eigenvalue weighted by Crippen LogP contribution is -2.34. The summed E-state index contributed by atoms with van der Waals surface area (Å²) in [6.07, 6.45) is 0.450. The molecule has 112 valence electrons. The minimum absolute atomic E-state index is 0.313. The molecule has 0 aliphatic heterocycles. The molecule has 2 amide bonds. The molecular weight excluding hydrogens is 293 g/mol. The first-order chi connectivity index (χ1) is 10.2. The van der Waals surface area contributed by atoms with Crippen LogP contribution in [0.5, 0.6) is 5.75 Å². The molecule has 21 heavy (non-hydrogen) atoms. The van der Waals surface area contributed by atoms with E-state index in [1.807, 2.05) is 29.9 Å². The Morgan fingerprint density at radius 3 is 2.86 bits per heavy atom. The number of nitrogens with one attached hydrogen (secondary N) is 2. The van der Waals surface area contributed by atoms with Gasteiger partial charge in [0.15, 0.2) is 0 Å². The summed E-state index contributed by atoms with van der Waals surface area (Å²) in [4.78, 5) is 12.4. The molecule has 4 N–H and O–H groups in total. The van der Waals surface area contributed by atoms with Gasteiger partial charge in [-0.2, -0.15) is 0 Å². The second kappa shape index (κ2) is 7.05. The standard InChI is InChI=1S/C14H16FN3O2S/c1-2-10-11(15)5-6-12(17-14(19)18-16)13(10)20-8-9-4-3-7-21-9/h3-7H,2,8,16H2,1H3,(H2,17,18,19). The van der Waals surface area contributed by atoms with E-state index in [0.29, 0.717) is 30.0 Å². The molecule has 2 aromatic rings. The molecule has 0 saturated carbocycles. The van der Waals surface area contributed by atoms with Gasteiger partial charge in [-0.05, 0) is 30.0 Å². The van der Waals surface area contributed by atoms with Gasteiger partial charge < -0.3 is 10.1 Å². The van der Waals surface area contributed by atoms with Gasteiger partial charge >= 0.3 is 6.03 Å². The molecular formula is C14H16FN3O2S. The van der Waals surface area contributed by atoms with Crippen molar-refractivity contribution < 1.29 is 13.9 Å². The number of thiophene rings is 1. The van der Waals surface area contributed by atoms with Crippen LogP contribution < -0.4 is 21.3 Å². The molecule has 1 aromatic heterocycles. The molecule has 0 saturated heterocycles. The molecule has 0 fully saturated rings. The Morgan fingerprint density at radius 1 is 1.43 bits per heavy atom. The third-order valence-corrected chi connectivity index (χ3v) is 3.72. The number of nitrogens with two attached hydrogens (primary N) is 1. The predicted molar refractivity (Wildman–Crippen MR) is 80.8 cm³/mol. The van der Waals surface area contributed by atoms with Crippen molar-refractivity contribution in [3.05, 3.63) is 45.9 Å². The first-order valence-electron chi connectivity index (χ1n) is 6.39. The van der Waals surface area contributed by atoms with Crippen LogP contribution in [0.4, 0.5) is 14.9 Å². The molecule has 0 aliphatic carbocycles. The topological polar surface area (TPSA) is 76.4 Å². The van der Waals surface area contributed by atoms with E-state index in [-0.39, 0.29) is 5.82 Å². The monoisotopic (exact) mass is 309 g/mol. The van der Waals surface area contributed by atoms with Crippen LogP contribution in [0.3, 0.4) is 0 Å². The van der Waals surface area contributed by atoms with E-state index >= 15 is 0 Å². The fourth-order valence-electron chi connectivity index (χ4n) is 1.89. The first kappa shape index (κ1) is 15.3. The van der Waals surface area contributed by atoms with Crippen molar-refractivity contribution in [1.82, 2.24) is 5.43 Å². The molecule has 0 spiro atoms. The van der Waals surface area contributed by atoms with Gasteiger partial charge in [0.2, 0.25) is 0 Å². The zero-order valence-electron chi connectivity index (χ0n) is 11.5. The van der Waals surface area contributed by atoms with Crippen molar-refractivity contribution in [2.45, 2.75) is 20.0 Å². The quantitative estimate of drug-likeness (QED) is 0.451. The molecule has 0 bridgehead atoms. The Morgan fingerprint density at radius 2 is 2.24 bits per heavy atom. The maximum atomic E-state index is 13.9. The Balaban J connectivity index is 2.29. The summed E-state index contributed by atoms with van der Waals surface area (Å²) < 4.78 is 19.6. The van der Waals surface area contributed by atoms with E-state index in [0.717, 1.165) is 4.88 Å². The summed E-state index contributed by atoms with van der Waals surface area (Å²) in [7, 11) is 0. The van der Waals surface area contributed by atoms with E-state index in [9.17, 15) is 9.18 Å². The van der Waals surface area contributed by atoms with E-state index in [2.05, 4.69) is 5.32 Å². The summed E-state index contributed by atoms with van der Waals surface area (Å²) in [6, 6.07) is 5.99. The van der Waals surface area contributed by atoms with Gasteiger partial charge in [0, 0.05) is 10.4 Å². The average Bonchev–Trinajstić information content (AvgIpc) is 3.00. The van der Waals surface area contributed by atoms with Gasteiger partial charge in [0.05, 0.1) is 5.69 Å². The fraction of sp³-hybridized carbons (Fsp3) is 0.214. The van der Waals surface area contributed by atoms with Crippen molar-refractivity contribution in [1.29, 1.82) is 0 Å². The lowest BCUT2D eigenvalue weighted by atomic mass is 10.1. The van der Waals surface area contributed by atoms with Crippen molar-refractivity contribution in [3.63, 3.8) is 0 Å². The minimum atomic E-state index is -0.593. The zero-order chi connectivity index (χ0) is 15.2. The highest BCUT2D eigenvalue weighted by Gasteiger charge is 2.15. The van der Waals surface area contributed by atoms with Gasteiger partial charge in [-0.1, -0.05) is 13.0 Å². The van der Waals surface area contributed by atoms with Crippen LogP contribution in [0.15, 0.2) is 29.6 Å². The van der Waals surface area contributed by atoms with Crippen molar-refractivity contribution >= 4 is 23.1 Å². The van der Waals surface area contributed by atoms with E-state index in [4.69, 9.17) is 10.6 Å². The predicted octanol–water partition coefficient (Wildman–Crippen LogP) is 3.02. The van der Waals surface area contributed by atoms with Crippen molar-refractivity contribution in [2.75, 3.05) is 5.32 Å². The smallest absolute Gasteiger partial charge is 0.333 e. The molecule has 0 aliphatic rings. The normalized spacial score (nSPS) is 10.2. The number of ether oxygens (including phenoxy) is 1. The number of urea groups is 1. The molecule has 0 unspecified atom stereocenters. The molecule has 2 rings (SSSR count). The molecule has 7 heteroatoms. The second-order valence-corrected chi connectivity index (χ2v) is 5.25. The SMILES string of the molecule is CCc1c(F)ccc(NC(=O)NN)c1OCc1cccs1.